The minimum Gasteiger partial charge on any atom is -0.508 e. The summed E-state index contributed by atoms with van der Waals surface area (Å²) >= 11 is 1.56. The van der Waals surface area contributed by atoms with Gasteiger partial charge in [-0.15, -0.1) is 11.8 Å². The van der Waals surface area contributed by atoms with Gasteiger partial charge in [0.2, 0.25) is 0 Å². The Kier molecular flexibility index (Phi) is 3.81. The van der Waals surface area contributed by atoms with Crippen LogP contribution in [0.2, 0.25) is 0 Å². The summed E-state index contributed by atoms with van der Waals surface area (Å²) in [7, 11) is 0. The lowest BCUT2D eigenvalue weighted by Gasteiger charge is -2.12. The van der Waals surface area contributed by atoms with Crippen LogP contribution in [-0.2, 0) is 0 Å². The smallest absolute Gasteiger partial charge is 0.116 e. The number of halogens is 1. The van der Waals surface area contributed by atoms with Crippen molar-refractivity contribution in [3.63, 3.8) is 0 Å². The van der Waals surface area contributed by atoms with Crippen molar-refractivity contribution in [2.24, 2.45) is 0 Å². The molecule has 3 heteroatoms. The van der Waals surface area contributed by atoms with E-state index < -0.39 is 5.67 Å². The molecule has 0 atom stereocenters. The van der Waals surface area contributed by atoms with E-state index in [9.17, 15) is 9.50 Å². The van der Waals surface area contributed by atoms with Crippen molar-refractivity contribution in [3.05, 3.63) is 24.3 Å². The van der Waals surface area contributed by atoms with E-state index in [4.69, 9.17) is 0 Å². The van der Waals surface area contributed by atoms with Crippen LogP contribution in [0.15, 0.2) is 29.2 Å². The van der Waals surface area contributed by atoms with E-state index in [1.807, 2.05) is 6.07 Å². The van der Waals surface area contributed by atoms with Crippen molar-refractivity contribution >= 4 is 11.8 Å². The summed E-state index contributed by atoms with van der Waals surface area (Å²) in [6, 6.07) is 7.02. The first-order chi connectivity index (χ1) is 6.47. The second kappa shape index (κ2) is 4.69. The van der Waals surface area contributed by atoms with Crippen LogP contribution in [0.5, 0.6) is 5.75 Å². The Balaban J connectivity index is 2.39. The van der Waals surface area contributed by atoms with Crippen molar-refractivity contribution in [2.75, 3.05) is 5.75 Å². The summed E-state index contributed by atoms with van der Waals surface area (Å²) in [5.41, 5.74) is -1.11. The van der Waals surface area contributed by atoms with Crippen molar-refractivity contribution in [1.82, 2.24) is 0 Å². The number of phenols is 1. The third kappa shape index (κ3) is 4.51. The van der Waals surface area contributed by atoms with Gasteiger partial charge in [-0.3, -0.25) is 0 Å². The van der Waals surface area contributed by atoms with Crippen LogP contribution in [0.4, 0.5) is 4.39 Å². The molecule has 0 spiro atoms. The van der Waals surface area contributed by atoms with Crippen LogP contribution in [0, 0.1) is 0 Å². The number of hydrogen-bond acceptors (Lipinski definition) is 2. The Morgan fingerprint density at radius 1 is 1.43 bits per heavy atom. The molecule has 0 aromatic heterocycles. The Bertz CT molecular complexity index is 294. The highest BCUT2D eigenvalue weighted by molar-refractivity contribution is 7.99. The predicted octanol–water partition coefficient (Wildman–Crippen LogP) is 3.62. The summed E-state index contributed by atoms with van der Waals surface area (Å²) < 4.78 is 13.1. The predicted molar refractivity (Wildman–Crippen MR) is 58.6 cm³/mol. The maximum Gasteiger partial charge on any atom is 0.116 e. The Hall–Kier alpha value is -0.700. The zero-order chi connectivity index (χ0) is 10.6. The Morgan fingerprint density at radius 2 is 2.14 bits per heavy atom. The number of alkyl halides is 1. The number of hydrogen-bond donors (Lipinski definition) is 1. The molecule has 1 aromatic carbocycles. The molecule has 0 aliphatic rings. The molecule has 1 nitrogen and oxygen atoms in total. The molecular formula is C11H15FOS. The fraction of sp³-hybridized carbons (Fsp3) is 0.455. The highest BCUT2D eigenvalue weighted by atomic mass is 32.2. The normalized spacial score (nSPS) is 11.6. The van der Waals surface area contributed by atoms with Crippen LogP contribution in [0.3, 0.4) is 0 Å². The van der Waals surface area contributed by atoms with Crippen LogP contribution < -0.4 is 0 Å². The van der Waals surface area contributed by atoms with Gasteiger partial charge >= 0.3 is 0 Å². The SMILES string of the molecule is CC(C)(F)CCSc1cccc(O)c1. The molecule has 0 saturated heterocycles. The first-order valence-electron chi connectivity index (χ1n) is 4.58. The van der Waals surface area contributed by atoms with E-state index in [0.717, 1.165) is 10.6 Å². The van der Waals surface area contributed by atoms with E-state index in [-0.39, 0.29) is 5.75 Å². The first-order valence-corrected chi connectivity index (χ1v) is 5.57. The Morgan fingerprint density at radius 3 is 2.71 bits per heavy atom. The van der Waals surface area contributed by atoms with E-state index in [1.165, 1.54) is 0 Å². The lowest BCUT2D eigenvalue weighted by atomic mass is 10.1. The maximum absolute atomic E-state index is 13.1. The lowest BCUT2D eigenvalue weighted by molar-refractivity contribution is 0.212. The van der Waals surface area contributed by atoms with Crippen LogP contribution in [0.1, 0.15) is 20.3 Å². The van der Waals surface area contributed by atoms with E-state index in [2.05, 4.69) is 0 Å². The molecule has 0 radical (unpaired) electrons. The largest absolute Gasteiger partial charge is 0.508 e. The van der Waals surface area contributed by atoms with Gasteiger partial charge in [0.25, 0.3) is 0 Å². The molecule has 0 heterocycles. The second-order valence-corrected chi connectivity index (χ2v) is 4.98. The third-order valence-electron chi connectivity index (χ3n) is 1.78. The maximum atomic E-state index is 13.1. The van der Waals surface area contributed by atoms with Gasteiger partial charge in [0.15, 0.2) is 0 Å². The molecule has 0 bridgehead atoms. The molecule has 78 valence electrons. The summed E-state index contributed by atoms with van der Waals surface area (Å²) in [6.07, 6.45) is 0.521. The number of aromatic hydroxyl groups is 1. The highest BCUT2D eigenvalue weighted by Crippen LogP contribution is 2.25. The molecule has 1 aromatic rings. The molecule has 0 aliphatic carbocycles. The average Bonchev–Trinajstić information content (AvgIpc) is 2.01. The lowest BCUT2D eigenvalue weighted by Crippen LogP contribution is -2.12. The number of rotatable bonds is 4. The zero-order valence-electron chi connectivity index (χ0n) is 8.46. The van der Waals surface area contributed by atoms with Crippen molar-refractivity contribution in [1.29, 1.82) is 0 Å². The van der Waals surface area contributed by atoms with E-state index in [0.29, 0.717) is 6.42 Å². The third-order valence-corrected chi connectivity index (χ3v) is 2.78. The van der Waals surface area contributed by atoms with Crippen molar-refractivity contribution in [3.8, 4) is 5.75 Å². The van der Waals surface area contributed by atoms with Gasteiger partial charge in [-0.2, -0.15) is 0 Å². The fourth-order valence-corrected chi connectivity index (χ4v) is 2.19. The van der Waals surface area contributed by atoms with Crippen LogP contribution >= 0.6 is 11.8 Å². The van der Waals surface area contributed by atoms with Gasteiger partial charge in [0.1, 0.15) is 11.4 Å². The molecule has 0 fully saturated rings. The van der Waals surface area contributed by atoms with Gasteiger partial charge in [0, 0.05) is 10.6 Å². The molecular weight excluding hydrogens is 199 g/mol. The molecule has 0 saturated carbocycles. The molecule has 0 amide bonds. The summed E-state index contributed by atoms with van der Waals surface area (Å²) in [6.45, 7) is 3.16. The first kappa shape index (κ1) is 11.4. The molecule has 0 unspecified atom stereocenters. The van der Waals surface area contributed by atoms with Crippen LogP contribution in [0.25, 0.3) is 0 Å². The van der Waals surface area contributed by atoms with E-state index in [1.54, 1.807) is 43.8 Å². The number of benzene rings is 1. The standard InChI is InChI=1S/C11H15FOS/c1-11(2,12)6-7-14-10-5-3-4-9(13)8-10/h3-5,8,13H,6-7H2,1-2H3. The summed E-state index contributed by atoms with van der Waals surface area (Å²) in [5, 5.41) is 9.18. The van der Waals surface area contributed by atoms with Crippen LogP contribution in [-0.4, -0.2) is 16.5 Å². The van der Waals surface area contributed by atoms with Gasteiger partial charge in [0.05, 0.1) is 0 Å². The summed E-state index contributed by atoms with van der Waals surface area (Å²) in [5.74, 6) is 0.988. The number of phenolic OH excluding ortho intramolecular Hbond substituents is 1. The molecule has 1 rings (SSSR count). The zero-order valence-corrected chi connectivity index (χ0v) is 9.27. The molecule has 1 N–H and O–H groups in total. The van der Waals surface area contributed by atoms with Gasteiger partial charge in [-0.1, -0.05) is 6.07 Å². The fourth-order valence-electron chi connectivity index (χ4n) is 0.985. The van der Waals surface area contributed by atoms with Gasteiger partial charge in [-0.05, 0) is 38.5 Å². The quantitative estimate of drug-likeness (QED) is 0.772. The minimum atomic E-state index is -1.11. The summed E-state index contributed by atoms with van der Waals surface area (Å²) in [4.78, 5) is 0.981. The Labute approximate surface area is 88.3 Å². The molecule has 14 heavy (non-hydrogen) atoms. The van der Waals surface area contributed by atoms with Crippen molar-refractivity contribution < 1.29 is 9.50 Å². The van der Waals surface area contributed by atoms with E-state index >= 15 is 0 Å². The molecule has 0 aliphatic heterocycles. The second-order valence-electron chi connectivity index (χ2n) is 3.81. The monoisotopic (exact) mass is 214 g/mol. The topological polar surface area (TPSA) is 20.2 Å². The van der Waals surface area contributed by atoms with Gasteiger partial charge in [-0.25, -0.2) is 4.39 Å². The number of thioether (sulfide) groups is 1. The van der Waals surface area contributed by atoms with Gasteiger partial charge < -0.3 is 5.11 Å². The highest BCUT2D eigenvalue weighted by Gasteiger charge is 2.14. The van der Waals surface area contributed by atoms with Crippen molar-refractivity contribution in [2.45, 2.75) is 30.8 Å². The minimum absolute atomic E-state index is 0.259. The average molecular weight is 214 g/mol.